The Hall–Kier alpha value is -2.34. The van der Waals surface area contributed by atoms with Crippen LogP contribution in [-0.4, -0.2) is 36.5 Å². The Labute approximate surface area is 177 Å². The highest BCUT2D eigenvalue weighted by atomic mass is 19.1. The summed E-state index contributed by atoms with van der Waals surface area (Å²) >= 11 is 0. The van der Waals surface area contributed by atoms with Crippen molar-refractivity contribution in [3.63, 3.8) is 0 Å². The lowest BCUT2D eigenvalue weighted by atomic mass is 9.88. The van der Waals surface area contributed by atoms with Gasteiger partial charge in [0.25, 0.3) is 5.91 Å². The first-order valence-electron chi connectivity index (χ1n) is 11.2. The predicted octanol–water partition coefficient (Wildman–Crippen LogP) is 4.77. The van der Waals surface area contributed by atoms with Gasteiger partial charge in [-0.3, -0.25) is 4.79 Å². The van der Waals surface area contributed by atoms with Gasteiger partial charge < -0.3 is 19.4 Å². The van der Waals surface area contributed by atoms with E-state index in [1.165, 1.54) is 50.8 Å². The van der Waals surface area contributed by atoms with Gasteiger partial charge in [0.15, 0.2) is 5.76 Å². The fourth-order valence-electron chi connectivity index (χ4n) is 4.51. The van der Waals surface area contributed by atoms with Crippen LogP contribution >= 0.6 is 0 Å². The molecule has 1 saturated carbocycles. The van der Waals surface area contributed by atoms with Crippen molar-refractivity contribution in [2.45, 2.75) is 57.6 Å². The van der Waals surface area contributed by atoms with Crippen molar-refractivity contribution in [3.05, 3.63) is 53.7 Å². The van der Waals surface area contributed by atoms with Gasteiger partial charge >= 0.3 is 0 Å². The van der Waals surface area contributed by atoms with Gasteiger partial charge in [0.1, 0.15) is 23.9 Å². The number of rotatable bonds is 7. The number of likely N-dealkylation sites (tertiary alicyclic amines) is 1. The van der Waals surface area contributed by atoms with Crippen LogP contribution in [-0.2, 0) is 6.61 Å². The van der Waals surface area contributed by atoms with E-state index >= 15 is 0 Å². The van der Waals surface area contributed by atoms with Crippen molar-refractivity contribution in [3.8, 4) is 5.75 Å². The van der Waals surface area contributed by atoms with E-state index in [1.54, 1.807) is 24.3 Å². The van der Waals surface area contributed by atoms with Crippen LogP contribution in [0.3, 0.4) is 0 Å². The van der Waals surface area contributed by atoms with Gasteiger partial charge in [-0.1, -0.05) is 19.3 Å². The number of ether oxygens (including phenoxy) is 1. The zero-order chi connectivity index (χ0) is 20.8. The third-order valence-corrected chi connectivity index (χ3v) is 6.24. The van der Waals surface area contributed by atoms with Gasteiger partial charge in [0, 0.05) is 25.7 Å². The SMILES string of the molecule is O=C(NC1CCN(CC2CCCCC2)CC1)c1ccc(COc2ccc(F)cc2)o1. The lowest BCUT2D eigenvalue weighted by Gasteiger charge is -2.35. The van der Waals surface area contributed by atoms with Crippen molar-refractivity contribution in [1.29, 1.82) is 0 Å². The van der Waals surface area contributed by atoms with E-state index in [0.717, 1.165) is 31.8 Å². The van der Waals surface area contributed by atoms with Gasteiger partial charge in [-0.05, 0) is 68.0 Å². The van der Waals surface area contributed by atoms with Gasteiger partial charge in [-0.2, -0.15) is 0 Å². The van der Waals surface area contributed by atoms with Gasteiger partial charge in [0.05, 0.1) is 0 Å². The molecular formula is C24H31FN2O3. The predicted molar refractivity (Wildman–Crippen MR) is 113 cm³/mol. The van der Waals surface area contributed by atoms with Crippen LogP contribution in [0.1, 0.15) is 61.3 Å². The topological polar surface area (TPSA) is 54.7 Å². The maximum Gasteiger partial charge on any atom is 0.287 e. The fourth-order valence-corrected chi connectivity index (χ4v) is 4.51. The van der Waals surface area contributed by atoms with Gasteiger partial charge in [-0.15, -0.1) is 0 Å². The second-order valence-corrected chi connectivity index (χ2v) is 8.56. The number of furan rings is 1. The number of nitrogens with zero attached hydrogens (tertiary/aromatic N) is 1. The number of piperidine rings is 1. The quantitative estimate of drug-likeness (QED) is 0.709. The van der Waals surface area contributed by atoms with Crippen LogP contribution in [0.5, 0.6) is 5.75 Å². The number of hydrogen-bond donors (Lipinski definition) is 1. The Morgan fingerprint density at radius 1 is 1.03 bits per heavy atom. The number of halogens is 1. The van der Waals surface area contributed by atoms with Crippen LogP contribution < -0.4 is 10.1 Å². The molecule has 4 rings (SSSR count). The molecule has 0 atom stereocenters. The van der Waals surface area contributed by atoms with Crippen LogP contribution in [0, 0.1) is 11.7 Å². The van der Waals surface area contributed by atoms with Crippen LogP contribution in [0.4, 0.5) is 4.39 Å². The maximum atomic E-state index is 12.9. The number of amides is 1. The van der Waals surface area contributed by atoms with E-state index in [2.05, 4.69) is 10.2 Å². The summed E-state index contributed by atoms with van der Waals surface area (Å²) in [7, 11) is 0. The van der Waals surface area contributed by atoms with Crippen molar-refractivity contribution < 1.29 is 18.3 Å². The Bertz CT molecular complexity index is 806. The number of carbonyl (C=O) groups is 1. The number of carbonyl (C=O) groups excluding carboxylic acids is 1. The molecule has 162 valence electrons. The van der Waals surface area contributed by atoms with Crippen molar-refractivity contribution in [1.82, 2.24) is 10.2 Å². The Balaban J connectivity index is 1.19. The lowest BCUT2D eigenvalue weighted by Crippen LogP contribution is -2.45. The molecule has 2 heterocycles. The normalized spacial score (nSPS) is 19.0. The van der Waals surface area contributed by atoms with Crippen LogP contribution in [0.2, 0.25) is 0 Å². The van der Waals surface area contributed by atoms with Crippen molar-refractivity contribution >= 4 is 5.91 Å². The van der Waals surface area contributed by atoms with E-state index in [1.807, 2.05) is 0 Å². The molecule has 1 aliphatic carbocycles. The lowest BCUT2D eigenvalue weighted by molar-refractivity contribution is 0.0870. The summed E-state index contributed by atoms with van der Waals surface area (Å²) in [6, 6.07) is 9.43. The monoisotopic (exact) mass is 414 g/mol. The third-order valence-electron chi connectivity index (χ3n) is 6.24. The molecule has 30 heavy (non-hydrogen) atoms. The zero-order valence-electron chi connectivity index (χ0n) is 17.4. The highest BCUT2D eigenvalue weighted by Crippen LogP contribution is 2.25. The number of hydrogen-bond acceptors (Lipinski definition) is 4. The summed E-state index contributed by atoms with van der Waals surface area (Å²) in [5.41, 5.74) is 0. The first-order valence-corrected chi connectivity index (χ1v) is 11.2. The van der Waals surface area contributed by atoms with E-state index < -0.39 is 0 Å². The minimum Gasteiger partial charge on any atom is -0.486 e. The first-order chi connectivity index (χ1) is 14.7. The number of benzene rings is 1. The summed E-state index contributed by atoms with van der Waals surface area (Å²) in [4.78, 5) is 15.1. The zero-order valence-corrected chi connectivity index (χ0v) is 17.4. The molecule has 6 heteroatoms. The van der Waals surface area contributed by atoms with Gasteiger partial charge in [0.2, 0.25) is 0 Å². The largest absolute Gasteiger partial charge is 0.486 e. The van der Waals surface area contributed by atoms with Crippen LogP contribution in [0.25, 0.3) is 0 Å². The summed E-state index contributed by atoms with van der Waals surface area (Å²) in [5.74, 6) is 1.80. The molecule has 1 aliphatic heterocycles. The summed E-state index contributed by atoms with van der Waals surface area (Å²) in [5, 5.41) is 3.11. The first kappa shape index (κ1) is 20.9. The van der Waals surface area contributed by atoms with Crippen molar-refractivity contribution in [2.75, 3.05) is 19.6 Å². The molecule has 1 amide bonds. The Morgan fingerprint density at radius 3 is 2.50 bits per heavy atom. The molecule has 0 spiro atoms. The average Bonchev–Trinajstić information content (AvgIpc) is 3.25. The van der Waals surface area contributed by atoms with E-state index in [9.17, 15) is 9.18 Å². The average molecular weight is 415 g/mol. The van der Waals surface area contributed by atoms with Crippen LogP contribution in [0.15, 0.2) is 40.8 Å². The molecule has 1 aromatic carbocycles. The fraction of sp³-hybridized carbons (Fsp3) is 0.542. The standard InChI is InChI=1S/C24H31FN2O3/c25-19-6-8-21(9-7-19)29-17-22-10-11-23(30-22)24(28)26-20-12-14-27(15-13-20)16-18-4-2-1-3-5-18/h6-11,18,20H,1-5,12-17H2,(H,26,28). The molecule has 2 fully saturated rings. The molecular weight excluding hydrogens is 383 g/mol. The van der Waals surface area contributed by atoms with E-state index in [4.69, 9.17) is 9.15 Å². The third kappa shape index (κ3) is 5.85. The smallest absolute Gasteiger partial charge is 0.287 e. The minimum atomic E-state index is -0.306. The summed E-state index contributed by atoms with van der Waals surface area (Å²) in [6.07, 6.45) is 8.90. The summed E-state index contributed by atoms with van der Waals surface area (Å²) < 4.78 is 24.1. The van der Waals surface area contributed by atoms with E-state index in [-0.39, 0.29) is 24.4 Å². The minimum absolute atomic E-state index is 0.172. The highest BCUT2D eigenvalue weighted by molar-refractivity contribution is 5.91. The number of nitrogens with one attached hydrogen (secondary N) is 1. The molecule has 0 unspecified atom stereocenters. The second-order valence-electron chi connectivity index (χ2n) is 8.56. The summed E-state index contributed by atoms with van der Waals surface area (Å²) in [6.45, 7) is 3.52. The maximum absolute atomic E-state index is 12.9. The highest BCUT2D eigenvalue weighted by Gasteiger charge is 2.24. The Morgan fingerprint density at radius 2 is 1.77 bits per heavy atom. The molecule has 1 aromatic heterocycles. The molecule has 2 aliphatic rings. The molecule has 1 N–H and O–H groups in total. The molecule has 2 aromatic rings. The molecule has 5 nitrogen and oxygen atoms in total. The molecule has 1 saturated heterocycles. The second kappa shape index (κ2) is 10.1. The Kier molecular flexibility index (Phi) is 7.05. The van der Waals surface area contributed by atoms with Gasteiger partial charge in [-0.25, -0.2) is 4.39 Å². The molecule has 0 radical (unpaired) electrons. The molecule has 0 bridgehead atoms. The van der Waals surface area contributed by atoms with Crippen molar-refractivity contribution in [2.24, 2.45) is 5.92 Å². The van der Waals surface area contributed by atoms with E-state index in [0.29, 0.717) is 17.3 Å².